The average Bonchev–Trinajstić information content (AvgIpc) is 3.00. The number of hydrogen-bond donors (Lipinski definition) is 1. The van der Waals surface area contributed by atoms with E-state index < -0.39 is 27.5 Å². The summed E-state index contributed by atoms with van der Waals surface area (Å²) in [7, 11) is -2.27. The van der Waals surface area contributed by atoms with Crippen molar-refractivity contribution >= 4 is 26.8 Å². The maximum absolute atomic E-state index is 13.0. The van der Waals surface area contributed by atoms with Crippen molar-refractivity contribution in [3.05, 3.63) is 41.6 Å². The molecule has 2 aromatic heterocycles. The Balaban J connectivity index is 2.23. The van der Waals surface area contributed by atoms with E-state index in [1.54, 1.807) is 6.92 Å². The number of carbonyl (C=O) groups is 1. The Hall–Kier alpha value is -2.99. The van der Waals surface area contributed by atoms with Crippen LogP contribution in [0.4, 0.5) is 13.2 Å². The van der Waals surface area contributed by atoms with Gasteiger partial charge in [0.15, 0.2) is 15.7 Å². The predicted octanol–water partition coefficient (Wildman–Crippen LogP) is 2.74. The number of carbonyl (C=O) groups excluding carboxylic acids is 1. The van der Waals surface area contributed by atoms with Gasteiger partial charge in [-0.1, -0.05) is 0 Å². The van der Waals surface area contributed by atoms with Crippen LogP contribution in [0.3, 0.4) is 0 Å². The minimum Gasteiger partial charge on any atom is -0.326 e. The summed E-state index contributed by atoms with van der Waals surface area (Å²) in [4.78, 5) is 25.0. The van der Waals surface area contributed by atoms with Crippen molar-refractivity contribution in [2.24, 2.45) is 7.05 Å². The molecule has 3 rings (SSSR count). The number of amides is 1. The number of benzene rings is 1. The van der Waals surface area contributed by atoms with Crippen molar-refractivity contribution in [3.8, 4) is 11.5 Å². The Kier molecular flexibility index (Phi) is 5.56. The fraction of sp³-hybridized carbons (Fsp3) is 0.278. The van der Waals surface area contributed by atoms with E-state index in [9.17, 15) is 26.4 Å². The quantitative estimate of drug-likeness (QED) is 0.610. The van der Waals surface area contributed by atoms with E-state index >= 15 is 0 Å². The molecule has 0 bridgehead atoms. The molecule has 1 aromatic carbocycles. The lowest BCUT2D eigenvalue weighted by Gasteiger charge is -2.10. The van der Waals surface area contributed by atoms with E-state index in [0.29, 0.717) is 5.52 Å². The van der Waals surface area contributed by atoms with Crippen LogP contribution < -0.4 is 5.48 Å². The highest BCUT2D eigenvalue weighted by Gasteiger charge is 2.31. The monoisotopic (exact) mass is 442 g/mol. The number of nitrogens with one attached hydrogen (secondary N) is 1. The van der Waals surface area contributed by atoms with Crippen LogP contribution in [0, 0.1) is 0 Å². The molecule has 0 saturated heterocycles. The molecular weight excluding hydrogens is 425 g/mol. The van der Waals surface area contributed by atoms with Crippen molar-refractivity contribution in [3.63, 3.8) is 0 Å². The summed E-state index contributed by atoms with van der Waals surface area (Å²) in [5.41, 5.74) is 1.30. The third kappa shape index (κ3) is 4.14. The van der Waals surface area contributed by atoms with E-state index in [4.69, 9.17) is 4.84 Å². The van der Waals surface area contributed by atoms with Crippen LogP contribution >= 0.6 is 0 Å². The summed E-state index contributed by atoms with van der Waals surface area (Å²) >= 11 is 0. The number of aryl methyl sites for hydroxylation is 1. The smallest absolute Gasteiger partial charge is 0.326 e. The van der Waals surface area contributed by atoms with Gasteiger partial charge in [0.1, 0.15) is 11.4 Å². The number of hydroxylamine groups is 1. The molecule has 0 radical (unpaired) electrons. The second kappa shape index (κ2) is 7.69. The number of fused-ring (bicyclic) bond motifs is 1. The van der Waals surface area contributed by atoms with Gasteiger partial charge >= 0.3 is 6.18 Å². The first-order valence-corrected chi connectivity index (χ1v) is 10.5. The molecular formula is C18H17F3N4O4S. The fourth-order valence-electron chi connectivity index (χ4n) is 2.81. The summed E-state index contributed by atoms with van der Waals surface area (Å²) < 4.78 is 65.0. The highest BCUT2D eigenvalue weighted by Crippen LogP contribution is 2.33. The Morgan fingerprint density at radius 2 is 1.90 bits per heavy atom. The standard InChI is InChI=1S/C18H17F3N4O4S/c1-4-29-24-17(26)11-6-8-14(30(3,27)28)15(22-11)16-23-12-9-10(18(19,20)21)5-7-13(12)25(16)2/h5-9H,4H2,1-3H3,(H,24,26). The van der Waals surface area contributed by atoms with Gasteiger partial charge in [0.2, 0.25) is 0 Å². The maximum Gasteiger partial charge on any atom is 0.416 e. The number of imidazole rings is 1. The molecule has 0 saturated carbocycles. The lowest BCUT2D eigenvalue weighted by molar-refractivity contribution is -0.137. The normalized spacial score (nSPS) is 12.3. The van der Waals surface area contributed by atoms with Crippen LogP contribution in [0.2, 0.25) is 0 Å². The molecule has 1 N–H and O–H groups in total. The number of halogens is 3. The molecule has 3 aromatic rings. The van der Waals surface area contributed by atoms with E-state index in [1.807, 2.05) is 0 Å². The number of aromatic nitrogens is 3. The van der Waals surface area contributed by atoms with Crippen LogP contribution in [-0.4, -0.2) is 41.7 Å². The molecule has 0 fully saturated rings. The second-order valence-electron chi connectivity index (χ2n) is 6.38. The lowest BCUT2D eigenvalue weighted by atomic mass is 10.2. The van der Waals surface area contributed by atoms with Gasteiger partial charge in [-0.2, -0.15) is 13.2 Å². The average molecular weight is 442 g/mol. The van der Waals surface area contributed by atoms with Crippen molar-refractivity contribution in [2.75, 3.05) is 12.9 Å². The molecule has 2 heterocycles. The fourth-order valence-corrected chi connectivity index (χ4v) is 3.61. The number of rotatable bonds is 5. The number of alkyl halides is 3. The van der Waals surface area contributed by atoms with Crippen LogP contribution in [-0.2, 0) is 27.9 Å². The van der Waals surface area contributed by atoms with Crippen LogP contribution in [0.25, 0.3) is 22.6 Å². The zero-order chi connectivity index (χ0) is 22.3. The highest BCUT2D eigenvalue weighted by atomic mass is 32.2. The first kappa shape index (κ1) is 21.7. The first-order valence-electron chi connectivity index (χ1n) is 8.60. The predicted molar refractivity (Wildman–Crippen MR) is 101 cm³/mol. The number of nitrogens with zero attached hydrogens (tertiary/aromatic N) is 3. The zero-order valence-corrected chi connectivity index (χ0v) is 16.9. The molecule has 0 aliphatic carbocycles. The maximum atomic E-state index is 13.0. The van der Waals surface area contributed by atoms with Crippen molar-refractivity contribution in [1.29, 1.82) is 0 Å². The second-order valence-corrected chi connectivity index (χ2v) is 8.36. The Morgan fingerprint density at radius 3 is 2.50 bits per heavy atom. The van der Waals surface area contributed by atoms with Crippen LogP contribution in [0.15, 0.2) is 35.2 Å². The van der Waals surface area contributed by atoms with E-state index in [2.05, 4.69) is 15.4 Å². The first-order chi connectivity index (χ1) is 13.9. The highest BCUT2D eigenvalue weighted by molar-refractivity contribution is 7.90. The summed E-state index contributed by atoms with van der Waals surface area (Å²) in [5.74, 6) is -0.716. The van der Waals surface area contributed by atoms with Crippen molar-refractivity contribution < 1.29 is 31.2 Å². The van der Waals surface area contributed by atoms with Gasteiger partial charge in [0.05, 0.1) is 28.1 Å². The van der Waals surface area contributed by atoms with Gasteiger partial charge in [0.25, 0.3) is 5.91 Å². The van der Waals surface area contributed by atoms with Crippen LogP contribution in [0.5, 0.6) is 0 Å². The molecule has 0 atom stereocenters. The molecule has 0 spiro atoms. The summed E-state index contributed by atoms with van der Waals surface area (Å²) in [5, 5.41) is 0. The summed E-state index contributed by atoms with van der Waals surface area (Å²) in [6, 6.07) is 5.41. The number of hydrogen-bond acceptors (Lipinski definition) is 6. The number of pyridine rings is 1. The summed E-state index contributed by atoms with van der Waals surface area (Å²) in [6.07, 6.45) is -3.60. The molecule has 30 heavy (non-hydrogen) atoms. The van der Waals surface area contributed by atoms with Crippen molar-refractivity contribution in [2.45, 2.75) is 18.0 Å². The Labute approximate surface area is 169 Å². The van der Waals surface area contributed by atoms with Gasteiger partial charge < -0.3 is 4.57 Å². The molecule has 0 unspecified atom stereocenters. The zero-order valence-electron chi connectivity index (χ0n) is 16.1. The SMILES string of the molecule is CCONC(=O)c1ccc(S(C)(=O)=O)c(-c2nc3cc(C(F)(F)F)ccc3n2C)n1. The third-order valence-electron chi connectivity index (χ3n) is 4.22. The summed E-state index contributed by atoms with van der Waals surface area (Å²) in [6.45, 7) is 1.85. The molecule has 8 nitrogen and oxygen atoms in total. The largest absolute Gasteiger partial charge is 0.416 e. The van der Waals surface area contributed by atoms with Crippen molar-refractivity contribution in [1.82, 2.24) is 20.0 Å². The molecule has 160 valence electrons. The van der Waals surface area contributed by atoms with Gasteiger partial charge in [0, 0.05) is 13.3 Å². The van der Waals surface area contributed by atoms with Crippen LogP contribution in [0.1, 0.15) is 23.0 Å². The van der Waals surface area contributed by atoms with Gasteiger partial charge in [-0.25, -0.2) is 23.9 Å². The Bertz CT molecular complexity index is 1240. The van der Waals surface area contributed by atoms with E-state index in [-0.39, 0.29) is 34.2 Å². The van der Waals surface area contributed by atoms with E-state index in [1.165, 1.54) is 29.8 Å². The van der Waals surface area contributed by atoms with Gasteiger partial charge in [-0.15, -0.1) is 0 Å². The molecule has 0 aliphatic rings. The minimum atomic E-state index is -4.56. The lowest BCUT2D eigenvalue weighted by Crippen LogP contribution is -2.25. The van der Waals surface area contributed by atoms with Gasteiger partial charge in [-0.3, -0.25) is 9.63 Å². The van der Waals surface area contributed by atoms with Gasteiger partial charge in [-0.05, 0) is 37.3 Å². The molecule has 12 heteroatoms. The Morgan fingerprint density at radius 1 is 1.20 bits per heavy atom. The number of sulfone groups is 1. The minimum absolute atomic E-state index is 0.00388. The topological polar surface area (TPSA) is 103 Å². The third-order valence-corrected chi connectivity index (χ3v) is 5.35. The molecule has 0 aliphatic heterocycles. The molecule has 1 amide bonds. The van der Waals surface area contributed by atoms with E-state index in [0.717, 1.165) is 18.4 Å².